The number of hydrogen-bond donors (Lipinski definition) is 0. The lowest BCUT2D eigenvalue weighted by molar-refractivity contribution is -0.131. The van der Waals surface area contributed by atoms with Crippen LogP contribution in [0, 0.1) is 23.2 Å². The first-order valence-corrected chi connectivity index (χ1v) is 10.9. The van der Waals surface area contributed by atoms with Gasteiger partial charge in [-0.1, -0.05) is 13.0 Å². The Morgan fingerprint density at radius 2 is 1.83 bits per heavy atom. The van der Waals surface area contributed by atoms with Gasteiger partial charge in [0.25, 0.3) is 0 Å². The van der Waals surface area contributed by atoms with E-state index >= 15 is 0 Å². The van der Waals surface area contributed by atoms with Gasteiger partial charge in [0.1, 0.15) is 0 Å². The average molecular weight is 395 g/mol. The van der Waals surface area contributed by atoms with Crippen LogP contribution in [0.15, 0.2) is 28.9 Å². The Morgan fingerprint density at radius 3 is 2.45 bits per heavy atom. The first-order chi connectivity index (χ1) is 14.1. The minimum absolute atomic E-state index is 0.00466. The van der Waals surface area contributed by atoms with Crippen molar-refractivity contribution < 1.29 is 19.0 Å². The van der Waals surface area contributed by atoms with Gasteiger partial charge in [0.2, 0.25) is 5.90 Å². The summed E-state index contributed by atoms with van der Waals surface area (Å²) in [6.45, 7) is 2.68. The monoisotopic (exact) mass is 395 g/mol. The van der Waals surface area contributed by atoms with E-state index < -0.39 is 0 Å². The minimum Gasteiger partial charge on any atom is -0.493 e. The highest BCUT2D eigenvalue weighted by molar-refractivity contribution is 6.09. The summed E-state index contributed by atoms with van der Waals surface area (Å²) in [6, 6.07) is 5.67. The zero-order chi connectivity index (χ0) is 20.0. The number of esters is 1. The summed E-state index contributed by atoms with van der Waals surface area (Å²) in [5.74, 6) is 4.08. The molecule has 4 fully saturated rings. The van der Waals surface area contributed by atoms with Crippen LogP contribution in [-0.2, 0) is 9.53 Å². The predicted octanol–water partition coefficient (Wildman–Crippen LogP) is 5.00. The maximum Gasteiger partial charge on any atom is 0.363 e. The number of nitrogens with zero attached hydrogens (tertiary/aromatic N) is 1. The number of hydrogen-bond acceptors (Lipinski definition) is 5. The van der Waals surface area contributed by atoms with Crippen molar-refractivity contribution in [3.63, 3.8) is 0 Å². The van der Waals surface area contributed by atoms with Crippen LogP contribution in [0.1, 0.15) is 57.4 Å². The number of carbonyl (C=O) groups is 1. The number of carbonyl (C=O) groups excluding carboxylic acids is 1. The van der Waals surface area contributed by atoms with Crippen molar-refractivity contribution in [2.24, 2.45) is 28.2 Å². The largest absolute Gasteiger partial charge is 0.493 e. The van der Waals surface area contributed by atoms with Gasteiger partial charge >= 0.3 is 5.97 Å². The summed E-state index contributed by atoms with van der Waals surface area (Å²) >= 11 is 0. The fourth-order valence-electron chi connectivity index (χ4n) is 6.27. The number of methoxy groups -OCH3 is 1. The van der Waals surface area contributed by atoms with E-state index in [1.54, 1.807) is 13.2 Å². The third-order valence-corrected chi connectivity index (χ3v) is 7.07. The lowest BCUT2D eigenvalue weighted by Gasteiger charge is -2.55. The number of rotatable bonds is 6. The summed E-state index contributed by atoms with van der Waals surface area (Å²) in [5.41, 5.74) is 1.25. The zero-order valence-corrected chi connectivity index (χ0v) is 17.3. The lowest BCUT2D eigenvalue weighted by atomic mass is 9.49. The molecule has 4 aliphatic carbocycles. The number of cyclic esters (lactones) is 1. The van der Waals surface area contributed by atoms with Crippen LogP contribution < -0.4 is 9.47 Å². The second kappa shape index (κ2) is 7.19. The molecule has 154 valence electrons. The Hall–Kier alpha value is -2.30. The molecule has 5 aliphatic rings. The Morgan fingerprint density at radius 1 is 1.14 bits per heavy atom. The van der Waals surface area contributed by atoms with Gasteiger partial charge in [-0.05, 0) is 86.5 Å². The third kappa shape index (κ3) is 3.34. The highest BCUT2D eigenvalue weighted by atomic mass is 16.6. The second-order valence-electron chi connectivity index (χ2n) is 9.29. The van der Waals surface area contributed by atoms with Gasteiger partial charge in [0.15, 0.2) is 17.2 Å². The number of aliphatic imine (C=N–C) groups is 1. The van der Waals surface area contributed by atoms with E-state index in [2.05, 4.69) is 6.92 Å². The van der Waals surface area contributed by atoms with E-state index in [4.69, 9.17) is 19.2 Å². The van der Waals surface area contributed by atoms with Crippen LogP contribution in [0.5, 0.6) is 11.5 Å². The molecule has 0 saturated heterocycles. The fraction of sp³-hybridized carbons (Fsp3) is 0.583. The van der Waals surface area contributed by atoms with Crippen molar-refractivity contribution in [2.75, 3.05) is 13.7 Å². The molecule has 0 radical (unpaired) electrons. The lowest BCUT2D eigenvalue weighted by Crippen LogP contribution is -2.50. The minimum atomic E-state index is -0.331. The van der Waals surface area contributed by atoms with E-state index in [1.165, 1.54) is 19.3 Å². The Labute approximate surface area is 172 Å². The molecule has 0 amide bonds. The van der Waals surface area contributed by atoms with Crippen molar-refractivity contribution in [1.82, 2.24) is 0 Å². The van der Waals surface area contributed by atoms with Gasteiger partial charge in [-0.2, -0.15) is 0 Å². The van der Waals surface area contributed by atoms with Crippen LogP contribution >= 0.6 is 0 Å². The number of ether oxygens (including phenoxy) is 3. The maximum atomic E-state index is 12.6. The van der Waals surface area contributed by atoms with Gasteiger partial charge in [-0.3, -0.25) is 0 Å². The molecule has 0 atom stereocenters. The Balaban J connectivity index is 1.42. The number of benzene rings is 1. The van der Waals surface area contributed by atoms with Crippen LogP contribution in [0.4, 0.5) is 0 Å². The summed E-state index contributed by atoms with van der Waals surface area (Å²) in [4.78, 5) is 17.3. The summed E-state index contributed by atoms with van der Waals surface area (Å²) in [7, 11) is 1.63. The molecular formula is C24H29NO4. The van der Waals surface area contributed by atoms with Gasteiger partial charge in [0, 0.05) is 5.41 Å². The molecule has 0 aromatic heterocycles. The quantitative estimate of drug-likeness (QED) is 0.503. The molecule has 1 aromatic rings. The van der Waals surface area contributed by atoms with Crippen molar-refractivity contribution in [1.29, 1.82) is 0 Å². The molecule has 6 rings (SSSR count). The van der Waals surface area contributed by atoms with E-state index in [0.29, 0.717) is 29.7 Å². The molecule has 0 spiro atoms. The molecule has 29 heavy (non-hydrogen) atoms. The maximum absolute atomic E-state index is 12.6. The standard InChI is InChI=1S/C24H29NO4/c1-3-6-28-21-11-15(4-5-20(21)27-2)10-19-22(26)29-23(25-19)24-12-16-7-17(13-24)9-18(8-16)14-24/h4-5,10-11,16-18H,3,6-9,12-14H2,1-2H3/b19-10-. The highest BCUT2D eigenvalue weighted by Crippen LogP contribution is 2.61. The first kappa shape index (κ1) is 18.7. The van der Waals surface area contributed by atoms with Crippen LogP contribution in [0.3, 0.4) is 0 Å². The Bertz CT molecular complexity index is 850. The van der Waals surface area contributed by atoms with Gasteiger partial charge < -0.3 is 14.2 Å². The molecule has 0 unspecified atom stereocenters. The Kier molecular flexibility index (Phi) is 4.64. The smallest absolute Gasteiger partial charge is 0.363 e. The normalized spacial score (nSPS) is 33.7. The molecule has 4 saturated carbocycles. The van der Waals surface area contributed by atoms with E-state index in [-0.39, 0.29) is 11.4 Å². The molecule has 0 N–H and O–H groups in total. The highest BCUT2D eigenvalue weighted by Gasteiger charge is 2.55. The molecule has 1 aliphatic heterocycles. The van der Waals surface area contributed by atoms with Crippen LogP contribution in [-0.4, -0.2) is 25.6 Å². The molecular weight excluding hydrogens is 366 g/mol. The van der Waals surface area contributed by atoms with Gasteiger partial charge in [0.05, 0.1) is 13.7 Å². The summed E-state index contributed by atoms with van der Waals surface area (Å²) in [5, 5.41) is 0. The van der Waals surface area contributed by atoms with Crippen LogP contribution in [0.25, 0.3) is 6.08 Å². The van der Waals surface area contributed by atoms with Gasteiger partial charge in [-0.25, -0.2) is 9.79 Å². The van der Waals surface area contributed by atoms with Gasteiger partial charge in [-0.15, -0.1) is 0 Å². The van der Waals surface area contributed by atoms with Crippen molar-refractivity contribution in [2.45, 2.75) is 51.9 Å². The average Bonchev–Trinajstić information content (AvgIpc) is 3.07. The van der Waals surface area contributed by atoms with E-state index in [0.717, 1.165) is 49.0 Å². The first-order valence-electron chi connectivity index (χ1n) is 10.9. The molecule has 5 heteroatoms. The summed E-state index contributed by atoms with van der Waals surface area (Å²) < 4.78 is 16.9. The SMILES string of the molecule is CCCOc1cc(/C=C2\N=C(C34CC5CC(CC(C5)C3)C4)OC2=O)ccc1OC. The van der Waals surface area contributed by atoms with Crippen molar-refractivity contribution in [3.05, 3.63) is 29.5 Å². The van der Waals surface area contributed by atoms with E-state index in [9.17, 15) is 4.79 Å². The fourth-order valence-corrected chi connectivity index (χ4v) is 6.27. The second-order valence-corrected chi connectivity index (χ2v) is 9.29. The molecule has 1 heterocycles. The molecule has 4 bridgehead atoms. The third-order valence-electron chi connectivity index (χ3n) is 7.07. The summed E-state index contributed by atoms with van der Waals surface area (Å²) in [6.07, 6.45) is 10.2. The zero-order valence-electron chi connectivity index (χ0n) is 17.3. The predicted molar refractivity (Wildman–Crippen MR) is 111 cm³/mol. The van der Waals surface area contributed by atoms with E-state index in [1.807, 2.05) is 18.2 Å². The molecule has 5 nitrogen and oxygen atoms in total. The van der Waals surface area contributed by atoms with Crippen molar-refractivity contribution >= 4 is 17.9 Å². The van der Waals surface area contributed by atoms with Crippen LogP contribution in [0.2, 0.25) is 0 Å². The van der Waals surface area contributed by atoms with Crippen molar-refractivity contribution in [3.8, 4) is 11.5 Å². The molecule has 1 aromatic carbocycles. The topological polar surface area (TPSA) is 57.1 Å².